The molecule has 4 heteroatoms. The van der Waals surface area contributed by atoms with E-state index in [1.807, 2.05) is 13.8 Å². The Morgan fingerprint density at radius 2 is 1.86 bits per heavy atom. The van der Waals surface area contributed by atoms with Crippen LogP contribution in [0.5, 0.6) is 0 Å². The van der Waals surface area contributed by atoms with Gasteiger partial charge in [-0.2, -0.15) is 0 Å². The molecule has 1 amide bonds. The molecule has 0 fully saturated rings. The summed E-state index contributed by atoms with van der Waals surface area (Å²) in [5, 5.41) is 11.3. The number of amides is 1. The number of carboxylic acids is 1. The molecule has 0 unspecified atom stereocenters. The molecule has 82 valence electrons. The van der Waals surface area contributed by atoms with Crippen LogP contribution in [0.1, 0.15) is 34.1 Å². The lowest BCUT2D eigenvalue weighted by atomic mass is 9.89. The molecule has 0 bridgehead atoms. The third-order valence-corrected chi connectivity index (χ3v) is 1.90. The van der Waals surface area contributed by atoms with Crippen LogP contribution in [0.2, 0.25) is 0 Å². The van der Waals surface area contributed by atoms with Crippen LogP contribution in [0.25, 0.3) is 0 Å². The summed E-state index contributed by atoms with van der Waals surface area (Å²) in [6.45, 7) is 7.65. The molecule has 2 N–H and O–H groups in total. The Morgan fingerprint density at radius 1 is 1.36 bits per heavy atom. The minimum Gasteiger partial charge on any atom is -0.481 e. The normalized spacial score (nSPS) is 11.5. The number of nitrogens with one attached hydrogen (secondary N) is 1. The van der Waals surface area contributed by atoms with E-state index in [9.17, 15) is 9.59 Å². The van der Waals surface area contributed by atoms with Crippen LogP contribution in [0, 0.1) is 11.3 Å². The molecule has 0 atom stereocenters. The molecule has 0 spiro atoms. The maximum absolute atomic E-state index is 11.2. The van der Waals surface area contributed by atoms with Gasteiger partial charge in [0.05, 0.1) is 6.42 Å². The van der Waals surface area contributed by atoms with E-state index in [0.29, 0.717) is 6.54 Å². The van der Waals surface area contributed by atoms with Crippen molar-refractivity contribution in [1.29, 1.82) is 0 Å². The van der Waals surface area contributed by atoms with Gasteiger partial charge < -0.3 is 10.4 Å². The van der Waals surface area contributed by atoms with Gasteiger partial charge in [-0.1, -0.05) is 27.7 Å². The minimum atomic E-state index is -0.839. The highest BCUT2D eigenvalue weighted by atomic mass is 16.4. The van der Waals surface area contributed by atoms with Gasteiger partial charge in [-0.25, -0.2) is 0 Å². The average molecular weight is 201 g/mol. The van der Waals surface area contributed by atoms with Crippen molar-refractivity contribution in [2.75, 3.05) is 6.54 Å². The molecule has 0 aliphatic carbocycles. The SMILES string of the molecule is CC(C)C(=O)NCC(C)(C)CC(=O)O. The highest BCUT2D eigenvalue weighted by Crippen LogP contribution is 2.18. The fourth-order valence-electron chi connectivity index (χ4n) is 1.00. The number of carbonyl (C=O) groups is 2. The van der Waals surface area contributed by atoms with E-state index in [0.717, 1.165) is 0 Å². The minimum absolute atomic E-state index is 0.0385. The molecule has 4 nitrogen and oxygen atoms in total. The van der Waals surface area contributed by atoms with Crippen LogP contribution in [-0.4, -0.2) is 23.5 Å². The summed E-state index contributed by atoms with van der Waals surface area (Å²) in [6, 6.07) is 0. The van der Waals surface area contributed by atoms with E-state index < -0.39 is 11.4 Å². The summed E-state index contributed by atoms with van der Waals surface area (Å²) in [5.41, 5.74) is -0.392. The average Bonchev–Trinajstić information content (AvgIpc) is 1.97. The molecule has 0 aromatic carbocycles. The quantitative estimate of drug-likeness (QED) is 0.703. The van der Waals surface area contributed by atoms with E-state index >= 15 is 0 Å². The van der Waals surface area contributed by atoms with E-state index in [-0.39, 0.29) is 18.2 Å². The van der Waals surface area contributed by atoms with Gasteiger partial charge in [0.2, 0.25) is 5.91 Å². The number of aliphatic carboxylic acids is 1. The van der Waals surface area contributed by atoms with Crippen molar-refractivity contribution in [3.63, 3.8) is 0 Å². The van der Waals surface area contributed by atoms with Crippen LogP contribution in [0.3, 0.4) is 0 Å². The van der Waals surface area contributed by atoms with Crippen molar-refractivity contribution < 1.29 is 14.7 Å². The topological polar surface area (TPSA) is 66.4 Å². The lowest BCUT2D eigenvalue weighted by Crippen LogP contribution is -2.37. The molecule has 0 heterocycles. The molecular formula is C10H19NO3. The van der Waals surface area contributed by atoms with Gasteiger partial charge in [0.25, 0.3) is 0 Å². The number of carbonyl (C=O) groups excluding carboxylic acids is 1. The third-order valence-electron chi connectivity index (χ3n) is 1.90. The third kappa shape index (κ3) is 5.56. The van der Waals surface area contributed by atoms with Crippen molar-refractivity contribution in [3.8, 4) is 0 Å². The van der Waals surface area contributed by atoms with Crippen molar-refractivity contribution >= 4 is 11.9 Å². The molecule has 0 aliphatic rings. The summed E-state index contributed by atoms with van der Waals surface area (Å²) in [6.07, 6.45) is 0.0609. The van der Waals surface area contributed by atoms with Crippen molar-refractivity contribution in [2.24, 2.45) is 11.3 Å². The van der Waals surface area contributed by atoms with Crippen LogP contribution in [0.15, 0.2) is 0 Å². The Kier molecular flexibility index (Phi) is 4.60. The first-order valence-corrected chi connectivity index (χ1v) is 4.74. The summed E-state index contributed by atoms with van der Waals surface area (Å²) < 4.78 is 0. The lowest BCUT2D eigenvalue weighted by Gasteiger charge is -2.23. The fourth-order valence-corrected chi connectivity index (χ4v) is 1.00. The largest absolute Gasteiger partial charge is 0.481 e. The zero-order valence-corrected chi connectivity index (χ0v) is 9.26. The van der Waals surface area contributed by atoms with Gasteiger partial charge in [-0.15, -0.1) is 0 Å². The first-order chi connectivity index (χ1) is 6.24. The Bertz CT molecular complexity index is 221. The first-order valence-electron chi connectivity index (χ1n) is 4.74. The fraction of sp³-hybridized carbons (Fsp3) is 0.800. The maximum Gasteiger partial charge on any atom is 0.303 e. The van der Waals surface area contributed by atoms with E-state index in [4.69, 9.17) is 5.11 Å². The molecule has 0 aromatic heterocycles. The second-order valence-corrected chi connectivity index (χ2v) is 4.61. The smallest absolute Gasteiger partial charge is 0.303 e. The van der Waals surface area contributed by atoms with E-state index in [1.54, 1.807) is 13.8 Å². The van der Waals surface area contributed by atoms with Gasteiger partial charge in [0.1, 0.15) is 0 Å². The van der Waals surface area contributed by atoms with Gasteiger partial charge in [0, 0.05) is 12.5 Å². The van der Waals surface area contributed by atoms with Crippen LogP contribution in [0.4, 0.5) is 0 Å². The zero-order valence-electron chi connectivity index (χ0n) is 9.26. The number of hydrogen-bond acceptors (Lipinski definition) is 2. The van der Waals surface area contributed by atoms with Gasteiger partial charge >= 0.3 is 5.97 Å². The molecule has 14 heavy (non-hydrogen) atoms. The predicted molar refractivity (Wildman–Crippen MR) is 53.9 cm³/mol. The Hall–Kier alpha value is -1.06. The Labute approximate surface area is 84.7 Å². The van der Waals surface area contributed by atoms with E-state index in [1.165, 1.54) is 0 Å². The van der Waals surface area contributed by atoms with E-state index in [2.05, 4.69) is 5.32 Å². The monoisotopic (exact) mass is 201 g/mol. The van der Waals surface area contributed by atoms with Gasteiger partial charge in [0.15, 0.2) is 0 Å². The number of hydrogen-bond donors (Lipinski definition) is 2. The summed E-state index contributed by atoms with van der Waals surface area (Å²) in [7, 11) is 0. The molecule has 0 saturated heterocycles. The molecule has 0 rings (SSSR count). The van der Waals surface area contributed by atoms with Crippen molar-refractivity contribution in [3.05, 3.63) is 0 Å². The molecule has 0 aliphatic heterocycles. The highest BCUT2D eigenvalue weighted by Gasteiger charge is 2.22. The second kappa shape index (κ2) is 4.98. The van der Waals surface area contributed by atoms with Crippen molar-refractivity contribution in [2.45, 2.75) is 34.1 Å². The molecule has 0 saturated carbocycles. The first kappa shape index (κ1) is 12.9. The summed E-state index contributed by atoms with van der Waals surface area (Å²) in [5.74, 6) is -0.937. The number of rotatable bonds is 5. The molecular weight excluding hydrogens is 182 g/mol. The van der Waals surface area contributed by atoms with Crippen LogP contribution >= 0.6 is 0 Å². The molecule has 0 radical (unpaired) electrons. The summed E-state index contributed by atoms with van der Waals surface area (Å²) >= 11 is 0. The summed E-state index contributed by atoms with van der Waals surface area (Å²) in [4.78, 5) is 21.7. The van der Waals surface area contributed by atoms with Gasteiger partial charge in [-0.3, -0.25) is 9.59 Å². The predicted octanol–water partition coefficient (Wildman–Crippen LogP) is 1.26. The number of carboxylic acid groups (broad SMARTS) is 1. The highest BCUT2D eigenvalue weighted by molar-refractivity contribution is 5.78. The standard InChI is InChI=1S/C10H19NO3/c1-7(2)9(14)11-6-10(3,4)5-8(12)13/h7H,5-6H2,1-4H3,(H,11,14)(H,12,13). The Morgan fingerprint density at radius 3 is 2.21 bits per heavy atom. The van der Waals surface area contributed by atoms with Crippen LogP contribution in [-0.2, 0) is 9.59 Å². The zero-order chi connectivity index (χ0) is 11.4. The van der Waals surface area contributed by atoms with Crippen LogP contribution < -0.4 is 5.32 Å². The molecule has 0 aromatic rings. The Balaban J connectivity index is 3.98. The lowest BCUT2D eigenvalue weighted by molar-refractivity contribution is -0.139. The second-order valence-electron chi connectivity index (χ2n) is 4.61. The van der Waals surface area contributed by atoms with Crippen molar-refractivity contribution in [1.82, 2.24) is 5.32 Å². The maximum atomic E-state index is 11.2. The van der Waals surface area contributed by atoms with Gasteiger partial charge in [-0.05, 0) is 5.41 Å².